The number of aromatic nitrogens is 7. The Bertz CT molecular complexity index is 1890. The van der Waals surface area contributed by atoms with Crippen LogP contribution in [0.1, 0.15) is 31.2 Å². The summed E-state index contributed by atoms with van der Waals surface area (Å²) in [4.78, 5) is 36.3. The lowest BCUT2D eigenvalue weighted by Crippen LogP contribution is -2.40. The molecule has 1 aromatic carbocycles. The zero-order valence-corrected chi connectivity index (χ0v) is 23.5. The SMILES string of the molecule is Cc1c(Oc2ccn3ncnc3c2)ccc(Nc2ncnc3cnc(C4=C[C@H](C)N(C(=O)/C=C/CCO)CC4)nc23)c1F. The molecule has 4 aromatic heterocycles. The fourth-order valence-corrected chi connectivity index (χ4v) is 4.85. The minimum Gasteiger partial charge on any atom is -0.457 e. The Balaban J connectivity index is 1.24. The summed E-state index contributed by atoms with van der Waals surface area (Å²) >= 11 is 0. The zero-order chi connectivity index (χ0) is 29.9. The van der Waals surface area contributed by atoms with Crippen LogP contribution in [0, 0.1) is 12.7 Å². The van der Waals surface area contributed by atoms with Crippen LogP contribution >= 0.6 is 0 Å². The fraction of sp³-hybridized carbons (Fsp3) is 0.233. The van der Waals surface area contributed by atoms with Crippen molar-refractivity contribution in [3.8, 4) is 11.5 Å². The predicted octanol–water partition coefficient (Wildman–Crippen LogP) is 4.39. The van der Waals surface area contributed by atoms with Gasteiger partial charge < -0.3 is 20.1 Å². The van der Waals surface area contributed by atoms with Crippen molar-refractivity contribution < 1.29 is 19.0 Å². The number of fused-ring (bicyclic) bond motifs is 2. The molecule has 0 spiro atoms. The fourth-order valence-electron chi connectivity index (χ4n) is 4.85. The molecule has 1 aliphatic heterocycles. The first-order valence-corrected chi connectivity index (χ1v) is 13.7. The third-order valence-corrected chi connectivity index (χ3v) is 7.13. The van der Waals surface area contributed by atoms with Gasteiger partial charge in [0.1, 0.15) is 35.2 Å². The van der Waals surface area contributed by atoms with Crippen molar-refractivity contribution in [3.05, 3.63) is 84.7 Å². The number of aliphatic hydroxyl groups is 1. The Hall–Kier alpha value is -5.30. The molecule has 5 heterocycles. The molecule has 43 heavy (non-hydrogen) atoms. The number of aliphatic hydroxyl groups excluding tert-OH is 1. The van der Waals surface area contributed by atoms with Crippen LogP contribution in [0.2, 0.25) is 0 Å². The van der Waals surface area contributed by atoms with Gasteiger partial charge in [0.25, 0.3) is 0 Å². The van der Waals surface area contributed by atoms with Crippen LogP contribution < -0.4 is 10.1 Å². The number of benzene rings is 1. The number of hydrogen-bond acceptors (Lipinski definition) is 10. The van der Waals surface area contributed by atoms with E-state index in [0.29, 0.717) is 64.8 Å². The molecule has 0 bridgehead atoms. The lowest BCUT2D eigenvalue weighted by Gasteiger charge is -2.31. The van der Waals surface area contributed by atoms with Gasteiger partial charge in [-0.2, -0.15) is 5.10 Å². The number of amides is 1. The lowest BCUT2D eigenvalue weighted by atomic mass is 10.0. The summed E-state index contributed by atoms with van der Waals surface area (Å²) < 4.78 is 23.1. The summed E-state index contributed by atoms with van der Waals surface area (Å²) in [6.07, 6.45) is 12.2. The molecule has 218 valence electrons. The van der Waals surface area contributed by atoms with Crippen LogP contribution in [-0.4, -0.2) is 69.6 Å². The van der Waals surface area contributed by atoms with Crippen molar-refractivity contribution in [1.82, 2.24) is 39.4 Å². The molecule has 0 radical (unpaired) electrons. The van der Waals surface area contributed by atoms with Crippen molar-refractivity contribution in [2.45, 2.75) is 32.7 Å². The molecule has 1 atom stereocenters. The molecule has 1 amide bonds. The van der Waals surface area contributed by atoms with Gasteiger partial charge in [-0.1, -0.05) is 12.2 Å². The molecule has 12 nitrogen and oxygen atoms in total. The third-order valence-electron chi connectivity index (χ3n) is 7.13. The summed E-state index contributed by atoms with van der Waals surface area (Å²) in [6.45, 7) is 4.06. The molecule has 0 fully saturated rings. The molecule has 0 aliphatic carbocycles. The Morgan fingerprint density at radius 1 is 1.21 bits per heavy atom. The molecule has 2 N–H and O–H groups in total. The Morgan fingerprint density at radius 3 is 2.93 bits per heavy atom. The van der Waals surface area contributed by atoms with Crippen LogP contribution in [0.5, 0.6) is 11.5 Å². The molecule has 0 saturated carbocycles. The Labute approximate surface area is 245 Å². The van der Waals surface area contributed by atoms with Crippen LogP contribution in [0.3, 0.4) is 0 Å². The smallest absolute Gasteiger partial charge is 0.246 e. The van der Waals surface area contributed by atoms with Gasteiger partial charge >= 0.3 is 0 Å². The number of hydrogen-bond donors (Lipinski definition) is 2. The van der Waals surface area contributed by atoms with Crippen molar-refractivity contribution in [1.29, 1.82) is 0 Å². The minimum atomic E-state index is -0.497. The number of halogens is 1. The maximum absolute atomic E-state index is 15.6. The number of ether oxygens (including phenoxy) is 1. The maximum Gasteiger partial charge on any atom is 0.246 e. The van der Waals surface area contributed by atoms with Gasteiger partial charge in [0.15, 0.2) is 23.1 Å². The number of nitrogens with zero attached hydrogens (tertiary/aromatic N) is 8. The Kier molecular flexibility index (Phi) is 7.71. The summed E-state index contributed by atoms with van der Waals surface area (Å²) in [7, 11) is 0. The molecule has 5 aromatic rings. The second-order valence-corrected chi connectivity index (χ2v) is 9.98. The highest BCUT2D eigenvalue weighted by Gasteiger charge is 2.24. The van der Waals surface area contributed by atoms with Crippen molar-refractivity contribution >= 4 is 39.7 Å². The van der Waals surface area contributed by atoms with E-state index in [1.807, 2.05) is 13.0 Å². The van der Waals surface area contributed by atoms with Crippen molar-refractivity contribution in [3.63, 3.8) is 0 Å². The number of anilines is 2. The van der Waals surface area contributed by atoms with Crippen LogP contribution in [-0.2, 0) is 4.79 Å². The Morgan fingerprint density at radius 2 is 2.09 bits per heavy atom. The van der Waals surface area contributed by atoms with E-state index < -0.39 is 5.82 Å². The first kappa shape index (κ1) is 27.8. The van der Waals surface area contributed by atoms with Gasteiger partial charge in [-0.05, 0) is 56.5 Å². The number of carbonyl (C=O) groups is 1. The normalized spacial score (nSPS) is 15.3. The van der Waals surface area contributed by atoms with E-state index in [-0.39, 0.29) is 24.2 Å². The molecule has 1 aliphatic rings. The van der Waals surface area contributed by atoms with E-state index in [1.54, 1.807) is 59.1 Å². The van der Waals surface area contributed by atoms with Crippen LogP contribution in [0.25, 0.3) is 22.3 Å². The third kappa shape index (κ3) is 5.75. The number of rotatable bonds is 8. The summed E-state index contributed by atoms with van der Waals surface area (Å²) in [6, 6.07) is 6.53. The molecular weight excluding hydrogens is 553 g/mol. The molecule has 0 saturated heterocycles. The van der Waals surface area contributed by atoms with Gasteiger partial charge in [-0.3, -0.25) is 4.79 Å². The quantitative estimate of drug-likeness (QED) is 0.253. The first-order valence-electron chi connectivity index (χ1n) is 13.7. The monoisotopic (exact) mass is 581 g/mol. The van der Waals surface area contributed by atoms with Gasteiger partial charge in [-0.25, -0.2) is 33.8 Å². The van der Waals surface area contributed by atoms with E-state index in [9.17, 15) is 4.79 Å². The summed E-state index contributed by atoms with van der Waals surface area (Å²) in [5.41, 5.74) is 2.95. The minimum absolute atomic E-state index is 0.00217. The lowest BCUT2D eigenvalue weighted by molar-refractivity contribution is -0.127. The van der Waals surface area contributed by atoms with E-state index in [0.717, 1.165) is 5.57 Å². The maximum atomic E-state index is 15.6. The average molecular weight is 582 g/mol. The van der Waals surface area contributed by atoms with E-state index in [4.69, 9.17) is 14.8 Å². The molecular formula is C30H28FN9O3. The highest BCUT2D eigenvalue weighted by atomic mass is 19.1. The number of pyridine rings is 1. The number of carbonyl (C=O) groups excluding carboxylic acids is 1. The average Bonchev–Trinajstić information content (AvgIpc) is 3.49. The van der Waals surface area contributed by atoms with Crippen molar-refractivity contribution in [2.75, 3.05) is 18.5 Å². The first-order chi connectivity index (χ1) is 20.9. The van der Waals surface area contributed by atoms with Gasteiger partial charge in [0, 0.05) is 37.0 Å². The topological polar surface area (TPSA) is 144 Å². The summed E-state index contributed by atoms with van der Waals surface area (Å²) in [5, 5.41) is 16.1. The standard InChI is InChI=1S/C30H28FN9O3/c1-18-13-20(8-10-39(18)26(42)5-3-4-12-41)29-32-15-23-28(38-29)30(35-16-33-23)37-22-6-7-24(19(2)27(22)31)43-21-9-11-40-25(14-21)34-17-36-40/h3,5-7,9,11,13-18,41H,4,8,10,12H2,1-2H3,(H,33,35,37)/b5-3+/t18-/m0/s1. The van der Waals surface area contributed by atoms with Crippen molar-refractivity contribution in [2.24, 2.45) is 0 Å². The predicted molar refractivity (Wildman–Crippen MR) is 157 cm³/mol. The largest absolute Gasteiger partial charge is 0.457 e. The van der Waals surface area contributed by atoms with Gasteiger partial charge in [0.05, 0.1) is 11.9 Å². The molecule has 0 unspecified atom stereocenters. The van der Waals surface area contributed by atoms with Crippen LogP contribution in [0.4, 0.5) is 15.9 Å². The highest BCUT2D eigenvalue weighted by Crippen LogP contribution is 2.33. The zero-order valence-electron chi connectivity index (χ0n) is 23.5. The second-order valence-electron chi connectivity index (χ2n) is 9.98. The number of nitrogens with one attached hydrogen (secondary N) is 1. The van der Waals surface area contributed by atoms with E-state index >= 15 is 4.39 Å². The van der Waals surface area contributed by atoms with E-state index in [2.05, 4.69) is 30.4 Å². The van der Waals surface area contributed by atoms with E-state index in [1.165, 1.54) is 18.7 Å². The highest BCUT2D eigenvalue weighted by molar-refractivity contribution is 5.89. The van der Waals surface area contributed by atoms with Gasteiger partial charge in [0.2, 0.25) is 5.91 Å². The molecule has 6 rings (SSSR count). The van der Waals surface area contributed by atoms with Crippen LogP contribution in [0.15, 0.2) is 67.5 Å². The van der Waals surface area contributed by atoms with Gasteiger partial charge in [-0.15, -0.1) is 0 Å². The summed E-state index contributed by atoms with van der Waals surface area (Å²) in [5.74, 6) is 1.08. The molecule has 13 heteroatoms. The second kappa shape index (κ2) is 11.9.